The summed E-state index contributed by atoms with van der Waals surface area (Å²) in [7, 11) is -3.93. The summed E-state index contributed by atoms with van der Waals surface area (Å²) >= 11 is 5.80. The summed E-state index contributed by atoms with van der Waals surface area (Å²) in [6, 6.07) is 6.67. The Bertz CT molecular complexity index is 743. The van der Waals surface area contributed by atoms with E-state index in [1.165, 1.54) is 12.3 Å². The number of rotatable bonds is 6. The molecule has 1 aromatic heterocycles. The fourth-order valence-electron chi connectivity index (χ4n) is 1.65. The first-order valence-electron chi connectivity index (χ1n) is 5.86. The number of hydrogen-bond acceptors (Lipinski definition) is 5. The lowest BCUT2D eigenvalue weighted by Gasteiger charge is -2.07. The van der Waals surface area contributed by atoms with E-state index in [1.54, 1.807) is 12.1 Å². The zero-order chi connectivity index (χ0) is 15.5. The summed E-state index contributed by atoms with van der Waals surface area (Å²) in [5.74, 6) is 0.628. The van der Waals surface area contributed by atoms with Crippen molar-refractivity contribution in [3.8, 4) is 0 Å². The molecule has 0 unspecified atom stereocenters. The van der Waals surface area contributed by atoms with Gasteiger partial charge in [0.1, 0.15) is 10.7 Å². The van der Waals surface area contributed by atoms with E-state index < -0.39 is 14.9 Å². The molecule has 0 aliphatic heterocycles. The Balaban J connectivity index is 2.15. The van der Waals surface area contributed by atoms with E-state index in [1.807, 2.05) is 0 Å². The van der Waals surface area contributed by atoms with Crippen LogP contribution < -0.4 is 4.72 Å². The van der Waals surface area contributed by atoms with Gasteiger partial charge in [0, 0.05) is 25.1 Å². The van der Waals surface area contributed by atoms with Crippen LogP contribution in [0.25, 0.3) is 0 Å². The van der Waals surface area contributed by atoms with Gasteiger partial charge in [0.2, 0.25) is 10.0 Å². The van der Waals surface area contributed by atoms with E-state index in [-0.39, 0.29) is 22.2 Å². The molecule has 2 aromatic rings. The molecule has 1 aromatic carbocycles. The SMILES string of the molecule is O=[N+]([O-])c1ccc(Cl)c(S(=O)(=O)NCCc2ccco2)c1. The molecule has 1 N–H and O–H groups in total. The van der Waals surface area contributed by atoms with Gasteiger partial charge < -0.3 is 4.42 Å². The molecular weight excluding hydrogens is 320 g/mol. The van der Waals surface area contributed by atoms with E-state index >= 15 is 0 Å². The zero-order valence-electron chi connectivity index (χ0n) is 10.7. The average Bonchev–Trinajstić information content (AvgIpc) is 2.91. The van der Waals surface area contributed by atoms with Crippen molar-refractivity contribution in [2.45, 2.75) is 11.3 Å². The molecule has 0 radical (unpaired) electrons. The average molecular weight is 331 g/mol. The number of sulfonamides is 1. The molecule has 0 saturated heterocycles. The van der Waals surface area contributed by atoms with E-state index in [0.717, 1.165) is 12.1 Å². The molecule has 2 rings (SSSR count). The lowest BCUT2D eigenvalue weighted by Crippen LogP contribution is -2.26. The minimum atomic E-state index is -3.93. The van der Waals surface area contributed by atoms with Crippen molar-refractivity contribution < 1.29 is 17.8 Å². The summed E-state index contributed by atoms with van der Waals surface area (Å²) in [6.07, 6.45) is 1.85. The summed E-state index contributed by atoms with van der Waals surface area (Å²) in [4.78, 5) is 9.69. The fourth-order valence-corrected chi connectivity index (χ4v) is 3.20. The quantitative estimate of drug-likeness (QED) is 0.647. The summed E-state index contributed by atoms with van der Waals surface area (Å²) in [5, 5.41) is 10.6. The fraction of sp³-hybridized carbons (Fsp3) is 0.167. The molecule has 0 aliphatic rings. The van der Waals surface area contributed by atoms with Gasteiger partial charge in [-0.15, -0.1) is 0 Å². The molecule has 0 atom stereocenters. The third-order valence-electron chi connectivity index (χ3n) is 2.66. The van der Waals surface area contributed by atoms with Gasteiger partial charge >= 0.3 is 0 Å². The van der Waals surface area contributed by atoms with Crippen LogP contribution in [0.3, 0.4) is 0 Å². The zero-order valence-corrected chi connectivity index (χ0v) is 12.2. The molecule has 9 heteroatoms. The number of halogens is 1. The van der Waals surface area contributed by atoms with Crippen LogP contribution in [0.1, 0.15) is 5.76 Å². The van der Waals surface area contributed by atoms with Crippen LogP contribution in [0.4, 0.5) is 5.69 Å². The van der Waals surface area contributed by atoms with Crippen molar-refractivity contribution in [2.75, 3.05) is 6.54 Å². The van der Waals surface area contributed by atoms with Crippen LogP contribution in [0, 0.1) is 10.1 Å². The Morgan fingerprint density at radius 2 is 2.10 bits per heavy atom. The Morgan fingerprint density at radius 1 is 1.33 bits per heavy atom. The van der Waals surface area contributed by atoms with Gasteiger partial charge in [-0.05, 0) is 18.2 Å². The molecule has 21 heavy (non-hydrogen) atoms. The highest BCUT2D eigenvalue weighted by atomic mass is 35.5. The van der Waals surface area contributed by atoms with Gasteiger partial charge in [-0.25, -0.2) is 13.1 Å². The minimum Gasteiger partial charge on any atom is -0.469 e. The molecule has 0 spiro atoms. The third kappa shape index (κ3) is 3.81. The second-order valence-electron chi connectivity index (χ2n) is 4.10. The normalized spacial score (nSPS) is 11.5. The van der Waals surface area contributed by atoms with Gasteiger partial charge in [0.15, 0.2) is 0 Å². The number of furan rings is 1. The predicted octanol–water partition coefficient (Wildman–Crippen LogP) is 2.36. The van der Waals surface area contributed by atoms with E-state index in [0.29, 0.717) is 12.2 Å². The molecule has 112 valence electrons. The number of hydrogen-bond donors (Lipinski definition) is 1. The highest BCUT2D eigenvalue weighted by Crippen LogP contribution is 2.25. The van der Waals surface area contributed by atoms with Crippen molar-refractivity contribution in [1.82, 2.24) is 4.72 Å². The summed E-state index contributed by atoms with van der Waals surface area (Å²) in [6.45, 7) is 0.0921. The van der Waals surface area contributed by atoms with Crippen molar-refractivity contribution >= 4 is 27.3 Å². The Kier molecular flexibility index (Phi) is 4.61. The van der Waals surface area contributed by atoms with Gasteiger partial charge in [0.05, 0.1) is 16.2 Å². The number of benzene rings is 1. The lowest BCUT2D eigenvalue weighted by atomic mass is 10.3. The topological polar surface area (TPSA) is 102 Å². The van der Waals surface area contributed by atoms with Crippen molar-refractivity contribution in [3.63, 3.8) is 0 Å². The van der Waals surface area contributed by atoms with Gasteiger partial charge in [0.25, 0.3) is 5.69 Å². The predicted molar refractivity (Wildman–Crippen MR) is 75.7 cm³/mol. The number of non-ortho nitro benzene ring substituents is 1. The number of nitrogens with one attached hydrogen (secondary N) is 1. The monoisotopic (exact) mass is 330 g/mol. The first-order valence-corrected chi connectivity index (χ1v) is 7.72. The van der Waals surface area contributed by atoms with Crippen molar-refractivity contribution in [2.24, 2.45) is 0 Å². The first kappa shape index (κ1) is 15.5. The van der Waals surface area contributed by atoms with E-state index in [9.17, 15) is 18.5 Å². The second-order valence-corrected chi connectivity index (χ2v) is 6.24. The maximum atomic E-state index is 12.1. The molecule has 0 aliphatic carbocycles. The van der Waals surface area contributed by atoms with Crippen LogP contribution >= 0.6 is 11.6 Å². The van der Waals surface area contributed by atoms with Crippen molar-refractivity contribution in [3.05, 3.63) is 57.5 Å². The summed E-state index contributed by atoms with van der Waals surface area (Å²) in [5.41, 5.74) is -0.342. The van der Waals surface area contributed by atoms with Gasteiger partial charge in [-0.2, -0.15) is 0 Å². The number of nitrogens with zero attached hydrogens (tertiary/aromatic N) is 1. The largest absolute Gasteiger partial charge is 0.469 e. The van der Waals surface area contributed by atoms with Gasteiger partial charge in [-0.3, -0.25) is 10.1 Å². The Morgan fingerprint density at radius 3 is 2.71 bits per heavy atom. The maximum absolute atomic E-state index is 12.1. The van der Waals surface area contributed by atoms with E-state index in [4.69, 9.17) is 16.0 Å². The second kappa shape index (κ2) is 6.25. The third-order valence-corrected chi connectivity index (χ3v) is 4.60. The molecule has 0 fully saturated rings. The standard InChI is InChI=1S/C12H11ClN2O5S/c13-11-4-3-9(15(16)17)8-12(11)21(18,19)14-6-5-10-2-1-7-20-10/h1-4,7-8,14H,5-6H2. The molecule has 7 nitrogen and oxygen atoms in total. The van der Waals surface area contributed by atoms with Gasteiger partial charge in [-0.1, -0.05) is 11.6 Å². The maximum Gasteiger partial charge on any atom is 0.270 e. The van der Waals surface area contributed by atoms with Crippen LogP contribution in [-0.2, 0) is 16.4 Å². The first-order chi connectivity index (χ1) is 9.90. The molecule has 0 amide bonds. The van der Waals surface area contributed by atoms with Crippen molar-refractivity contribution in [1.29, 1.82) is 0 Å². The minimum absolute atomic E-state index is 0.0777. The highest BCUT2D eigenvalue weighted by molar-refractivity contribution is 7.89. The molecular formula is C12H11ClN2O5S. The molecule has 1 heterocycles. The molecule has 0 bridgehead atoms. The smallest absolute Gasteiger partial charge is 0.270 e. The number of nitro groups is 1. The Labute approximate surface area is 125 Å². The Hall–Kier alpha value is -1.90. The van der Waals surface area contributed by atoms with Crippen LogP contribution in [-0.4, -0.2) is 19.9 Å². The molecule has 0 saturated carbocycles. The van der Waals surface area contributed by atoms with Crippen LogP contribution in [0.2, 0.25) is 5.02 Å². The van der Waals surface area contributed by atoms with Crippen LogP contribution in [0.15, 0.2) is 45.9 Å². The number of nitro benzene ring substituents is 1. The van der Waals surface area contributed by atoms with E-state index in [2.05, 4.69) is 4.72 Å². The lowest BCUT2D eigenvalue weighted by molar-refractivity contribution is -0.385. The van der Waals surface area contributed by atoms with Crippen LogP contribution in [0.5, 0.6) is 0 Å². The highest BCUT2D eigenvalue weighted by Gasteiger charge is 2.21. The summed E-state index contributed by atoms with van der Waals surface area (Å²) < 4.78 is 31.6.